The quantitative estimate of drug-likeness (QED) is 0.264. The van der Waals surface area contributed by atoms with Crippen LogP contribution in [0.15, 0.2) is 74.2 Å². The molecule has 0 saturated heterocycles. The lowest BCUT2D eigenvalue weighted by atomic mass is 10.2. The van der Waals surface area contributed by atoms with Gasteiger partial charge in [-0.1, -0.05) is 45.7 Å². The zero-order valence-corrected chi connectivity index (χ0v) is 20.2. The van der Waals surface area contributed by atoms with Crippen LogP contribution in [0.3, 0.4) is 0 Å². The number of halogens is 4. The maximum absolute atomic E-state index is 13.9. The number of hydrogen-bond donors (Lipinski definition) is 1. The monoisotopic (exact) mass is 581 g/mol. The first-order valence-electron chi connectivity index (χ1n) is 9.33. The van der Waals surface area contributed by atoms with Crippen molar-refractivity contribution in [3.05, 3.63) is 97.7 Å². The highest BCUT2D eigenvalue weighted by Crippen LogP contribution is 2.28. The summed E-state index contributed by atoms with van der Waals surface area (Å²) in [5.74, 6) is 0.553. The Morgan fingerprint density at radius 2 is 2.00 bits per heavy atom. The summed E-state index contributed by atoms with van der Waals surface area (Å²) in [6.07, 6.45) is 1.66. The summed E-state index contributed by atoms with van der Waals surface area (Å²) in [7, 11) is 0. The summed E-state index contributed by atoms with van der Waals surface area (Å²) in [5, 5.41) is 7.43. The average Bonchev–Trinajstić information content (AvgIpc) is 3.36. The Hall–Kier alpha value is -2.62. The van der Waals surface area contributed by atoms with Crippen molar-refractivity contribution in [2.75, 3.05) is 5.32 Å². The van der Waals surface area contributed by atoms with Crippen molar-refractivity contribution in [1.82, 2.24) is 9.78 Å². The normalized spacial score (nSPS) is 10.9. The van der Waals surface area contributed by atoms with E-state index in [1.54, 1.807) is 48.7 Å². The molecule has 1 amide bonds. The van der Waals surface area contributed by atoms with Crippen molar-refractivity contribution in [2.45, 2.75) is 13.2 Å². The minimum atomic E-state index is -0.477. The molecule has 0 bridgehead atoms. The Morgan fingerprint density at radius 1 is 1.19 bits per heavy atom. The highest BCUT2D eigenvalue weighted by atomic mass is 79.9. The van der Waals surface area contributed by atoms with E-state index in [-0.39, 0.29) is 24.7 Å². The molecule has 0 saturated carbocycles. The molecule has 0 aliphatic rings. The Labute approximate surface area is 204 Å². The van der Waals surface area contributed by atoms with Crippen LogP contribution in [-0.4, -0.2) is 15.7 Å². The fraction of sp³-hybridized carbons (Fsp3) is 0.0909. The molecule has 2 aromatic carbocycles. The number of hydrogen-bond acceptors (Lipinski definition) is 4. The molecule has 32 heavy (non-hydrogen) atoms. The van der Waals surface area contributed by atoms with Crippen LogP contribution in [0.25, 0.3) is 0 Å². The Kier molecular flexibility index (Phi) is 6.98. The van der Waals surface area contributed by atoms with Crippen LogP contribution in [0.1, 0.15) is 21.9 Å². The number of carbonyl (C=O) groups is 1. The molecule has 0 aliphatic heterocycles. The number of nitrogens with one attached hydrogen (secondary N) is 1. The van der Waals surface area contributed by atoms with Crippen LogP contribution in [0.2, 0.25) is 5.02 Å². The molecule has 4 rings (SSSR count). The number of furan rings is 1. The fourth-order valence-electron chi connectivity index (χ4n) is 2.85. The van der Waals surface area contributed by atoms with E-state index in [0.29, 0.717) is 32.4 Å². The number of nitrogens with zero attached hydrogens (tertiary/aromatic N) is 2. The summed E-state index contributed by atoms with van der Waals surface area (Å²) in [6.45, 7) is 0.331. The second-order valence-corrected chi connectivity index (χ2v) is 8.88. The van der Waals surface area contributed by atoms with Crippen molar-refractivity contribution in [1.29, 1.82) is 0 Å². The SMILES string of the molecule is O=C(Nc1nn(Cc2ccccc2F)cc1Br)c1ccc(COc2ccc(Br)cc2Cl)o1. The van der Waals surface area contributed by atoms with Crippen LogP contribution >= 0.6 is 43.5 Å². The minimum absolute atomic E-state index is 0.0982. The van der Waals surface area contributed by atoms with E-state index in [9.17, 15) is 9.18 Å². The summed E-state index contributed by atoms with van der Waals surface area (Å²) < 4.78 is 28.0. The first kappa shape index (κ1) is 22.6. The molecule has 4 aromatic rings. The number of anilines is 1. The molecule has 0 fully saturated rings. The average molecular weight is 584 g/mol. The van der Waals surface area contributed by atoms with Crippen molar-refractivity contribution in [3.63, 3.8) is 0 Å². The Morgan fingerprint density at radius 3 is 2.78 bits per heavy atom. The van der Waals surface area contributed by atoms with Crippen molar-refractivity contribution in [3.8, 4) is 5.75 Å². The largest absolute Gasteiger partial charge is 0.484 e. The molecule has 0 unspecified atom stereocenters. The molecular weight excluding hydrogens is 569 g/mol. The fourth-order valence-corrected chi connectivity index (χ4v) is 3.99. The van der Waals surface area contributed by atoms with Gasteiger partial charge in [0.05, 0.1) is 16.0 Å². The van der Waals surface area contributed by atoms with Crippen LogP contribution < -0.4 is 10.1 Å². The lowest BCUT2D eigenvalue weighted by molar-refractivity contribution is 0.0992. The molecule has 6 nitrogen and oxygen atoms in total. The lowest BCUT2D eigenvalue weighted by Gasteiger charge is -2.06. The number of ether oxygens (including phenoxy) is 1. The van der Waals surface area contributed by atoms with Gasteiger partial charge in [-0.3, -0.25) is 9.48 Å². The second kappa shape index (κ2) is 9.89. The lowest BCUT2D eigenvalue weighted by Crippen LogP contribution is -2.12. The molecule has 1 N–H and O–H groups in total. The van der Waals surface area contributed by atoms with Crippen molar-refractivity contribution in [2.24, 2.45) is 0 Å². The van der Waals surface area contributed by atoms with E-state index in [0.717, 1.165) is 4.47 Å². The van der Waals surface area contributed by atoms with Gasteiger partial charge in [-0.05, 0) is 52.3 Å². The molecular formula is C22H15Br2ClFN3O3. The van der Waals surface area contributed by atoms with Crippen LogP contribution in [0.4, 0.5) is 10.2 Å². The van der Waals surface area contributed by atoms with Gasteiger partial charge in [-0.2, -0.15) is 5.10 Å². The zero-order valence-electron chi connectivity index (χ0n) is 16.3. The Balaban J connectivity index is 1.39. The molecule has 10 heteroatoms. The first-order valence-corrected chi connectivity index (χ1v) is 11.3. The minimum Gasteiger partial charge on any atom is -0.484 e. The number of carbonyl (C=O) groups excluding carboxylic acids is 1. The van der Waals surface area contributed by atoms with Crippen LogP contribution in [0.5, 0.6) is 5.75 Å². The predicted octanol–water partition coefficient (Wildman–Crippen LogP) is 6.67. The van der Waals surface area contributed by atoms with Gasteiger partial charge >= 0.3 is 0 Å². The Bertz CT molecular complexity index is 1280. The summed E-state index contributed by atoms with van der Waals surface area (Å²) >= 11 is 12.8. The number of benzene rings is 2. The molecule has 2 aromatic heterocycles. The number of aromatic nitrogens is 2. The molecule has 0 spiro atoms. The van der Waals surface area contributed by atoms with Gasteiger partial charge in [-0.25, -0.2) is 4.39 Å². The molecule has 164 valence electrons. The van der Waals surface area contributed by atoms with E-state index in [1.807, 2.05) is 6.07 Å². The third kappa shape index (κ3) is 5.40. The number of rotatable bonds is 7. The predicted molar refractivity (Wildman–Crippen MR) is 126 cm³/mol. The summed E-state index contributed by atoms with van der Waals surface area (Å²) in [5.41, 5.74) is 0.488. The zero-order chi connectivity index (χ0) is 22.7. The van der Waals surface area contributed by atoms with Crippen LogP contribution in [0, 0.1) is 5.82 Å². The van der Waals surface area contributed by atoms with Gasteiger partial charge < -0.3 is 14.5 Å². The topological polar surface area (TPSA) is 69.3 Å². The molecule has 2 heterocycles. The van der Waals surface area contributed by atoms with Crippen molar-refractivity contribution >= 4 is 55.2 Å². The maximum atomic E-state index is 13.9. The molecule has 0 atom stereocenters. The number of amides is 1. The molecule has 0 radical (unpaired) electrons. The van der Waals surface area contributed by atoms with Gasteiger partial charge in [0.25, 0.3) is 5.91 Å². The van der Waals surface area contributed by atoms with E-state index < -0.39 is 5.91 Å². The summed E-state index contributed by atoms with van der Waals surface area (Å²) in [4.78, 5) is 12.6. The van der Waals surface area contributed by atoms with E-state index in [4.69, 9.17) is 20.8 Å². The maximum Gasteiger partial charge on any atom is 0.292 e. The van der Waals surface area contributed by atoms with Gasteiger partial charge in [0, 0.05) is 16.2 Å². The highest BCUT2D eigenvalue weighted by Gasteiger charge is 2.16. The molecule has 0 aliphatic carbocycles. The van der Waals surface area contributed by atoms with E-state index in [1.165, 1.54) is 10.7 Å². The third-order valence-corrected chi connectivity index (χ3v) is 5.76. The van der Waals surface area contributed by atoms with Crippen LogP contribution in [-0.2, 0) is 13.2 Å². The third-order valence-electron chi connectivity index (χ3n) is 4.39. The van der Waals surface area contributed by atoms with Gasteiger partial charge in [0.15, 0.2) is 11.6 Å². The second-order valence-electron chi connectivity index (χ2n) is 6.70. The van der Waals surface area contributed by atoms with Crippen molar-refractivity contribution < 1.29 is 18.3 Å². The van der Waals surface area contributed by atoms with E-state index in [2.05, 4.69) is 42.3 Å². The van der Waals surface area contributed by atoms with Gasteiger partial charge in [-0.15, -0.1) is 0 Å². The van der Waals surface area contributed by atoms with E-state index >= 15 is 0 Å². The first-order chi connectivity index (χ1) is 15.4. The smallest absolute Gasteiger partial charge is 0.292 e. The van der Waals surface area contributed by atoms with Gasteiger partial charge in [0.2, 0.25) is 0 Å². The highest BCUT2D eigenvalue weighted by molar-refractivity contribution is 9.10. The standard InChI is InChI=1S/C22H15Br2ClFN3O3/c23-14-5-7-19(17(25)9-14)31-12-15-6-8-20(32-15)22(30)27-21-16(24)11-29(28-21)10-13-3-1-2-4-18(13)26/h1-9,11H,10,12H2,(H,27,28,30). The summed E-state index contributed by atoms with van der Waals surface area (Å²) in [6, 6.07) is 14.9. The van der Waals surface area contributed by atoms with Gasteiger partial charge in [0.1, 0.15) is 23.9 Å².